The molecule has 30 heavy (non-hydrogen) atoms. The Labute approximate surface area is 175 Å². The molecule has 1 aliphatic rings. The van der Waals surface area contributed by atoms with Crippen molar-refractivity contribution in [2.24, 2.45) is 0 Å². The Bertz CT molecular complexity index is 1260. The second-order valence-electron chi connectivity index (χ2n) is 7.94. The highest BCUT2D eigenvalue weighted by molar-refractivity contribution is 5.90. The van der Waals surface area contributed by atoms with Gasteiger partial charge in [0.15, 0.2) is 6.17 Å². The van der Waals surface area contributed by atoms with E-state index in [0.717, 1.165) is 39.2 Å². The third kappa shape index (κ3) is 2.94. The van der Waals surface area contributed by atoms with Crippen LogP contribution in [-0.4, -0.2) is 28.1 Å². The van der Waals surface area contributed by atoms with Crippen LogP contribution in [0.5, 0.6) is 5.75 Å². The Hall–Kier alpha value is -3.31. The molecule has 1 aromatic heterocycles. The van der Waals surface area contributed by atoms with Gasteiger partial charge >= 0.3 is 0 Å². The van der Waals surface area contributed by atoms with Gasteiger partial charge in [-0.2, -0.15) is 5.10 Å². The summed E-state index contributed by atoms with van der Waals surface area (Å²) in [5, 5.41) is 20.2. The molecule has 2 heterocycles. The summed E-state index contributed by atoms with van der Waals surface area (Å²) in [5.41, 5.74) is 7.83. The lowest BCUT2D eigenvalue weighted by Crippen LogP contribution is -2.27. The van der Waals surface area contributed by atoms with E-state index in [1.807, 2.05) is 25.1 Å². The van der Waals surface area contributed by atoms with Crippen molar-refractivity contribution in [2.75, 3.05) is 18.5 Å². The van der Waals surface area contributed by atoms with Crippen molar-refractivity contribution < 1.29 is 9.84 Å². The van der Waals surface area contributed by atoms with E-state index >= 15 is 0 Å². The molecule has 3 aromatic carbocycles. The number of ether oxygens (including phenoxy) is 1. The molecule has 2 N–H and O–H groups in total. The summed E-state index contributed by atoms with van der Waals surface area (Å²) in [4.78, 5) is 0. The molecule has 0 saturated carbocycles. The molecule has 1 atom stereocenters. The van der Waals surface area contributed by atoms with Crippen LogP contribution in [0, 0.1) is 20.8 Å². The van der Waals surface area contributed by atoms with Gasteiger partial charge in [-0.1, -0.05) is 42.0 Å². The van der Waals surface area contributed by atoms with Crippen LogP contribution in [0.1, 0.15) is 28.6 Å². The first kappa shape index (κ1) is 18.7. The minimum Gasteiger partial charge on any atom is -0.491 e. The molecule has 0 aliphatic carbocycles. The molecule has 152 valence electrons. The van der Waals surface area contributed by atoms with Gasteiger partial charge in [0.05, 0.1) is 18.0 Å². The Morgan fingerprint density at radius 1 is 1.07 bits per heavy atom. The first-order chi connectivity index (χ1) is 14.6. The van der Waals surface area contributed by atoms with Gasteiger partial charge in [-0.3, -0.25) is 0 Å². The Kier molecular flexibility index (Phi) is 4.48. The second-order valence-corrected chi connectivity index (χ2v) is 7.94. The number of rotatable bonds is 4. The molecule has 1 aliphatic heterocycles. The van der Waals surface area contributed by atoms with Crippen LogP contribution in [-0.2, 0) is 0 Å². The van der Waals surface area contributed by atoms with Crippen molar-refractivity contribution in [2.45, 2.75) is 26.9 Å². The summed E-state index contributed by atoms with van der Waals surface area (Å²) in [7, 11) is 0. The fourth-order valence-corrected chi connectivity index (χ4v) is 4.51. The number of nitrogens with one attached hydrogen (secondary N) is 1. The molecule has 5 nitrogen and oxygen atoms in total. The number of aryl methyl sites for hydroxylation is 3. The maximum atomic E-state index is 9.34. The smallest absolute Gasteiger partial charge is 0.151 e. The average Bonchev–Trinajstić information content (AvgIpc) is 3.13. The first-order valence-corrected chi connectivity index (χ1v) is 10.3. The zero-order valence-electron chi connectivity index (χ0n) is 17.4. The van der Waals surface area contributed by atoms with Gasteiger partial charge in [-0.05, 0) is 55.3 Å². The monoisotopic (exact) mass is 399 g/mol. The van der Waals surface area contributed by atoms with Crippen molar-refractivity contribution in [1.29, 1.82) is 0 Å². The van der Waals surface area contributed by atoms with Gasteiger partial charge in [0.2, 0.25) is 0 Å². The van der Waals surface area contributed by atoms with E-state index in [4.69, 9.17) is 9.84 Å². The van der Waals surface area contributed by atoms with Crippen LogP contribution in [0.25, 0.3) is 22.0 Å². The third-order valence-electron chi connectivity index (χ3n) is 5.69. The molecule has 0 bridgehead atoms. The van der Waals surface area contributed by atoms with Crippen molar-refractivity contribution in [1.82, 2.24) is 9.78 Å². The quantitative estimate of drug-likeness (QED) is 0.509. The van der Waals surface area contributed by atoms with E-state index in [9.17, 15) is 5.11 Å². The maximum absolute atomic E-state index is 9.34. The largest absolute Gasteiger partial charge is 0.491 e. The topological polar surface area (TPSA) is 59.3 Å². The Morgan fingerprint density at radius 2 is 1.90 bits per heavy atom. The summed E-state index contributed by atoms with van der Waals surface area (Å²) >= 11 is 0. The van der Waals surface area contributed by atoms with Crippen LogP contribution in [0.2, 0.25) is 0 Å². The van der Waals surface area contributed by atoms with Crippen LogP contribution in [0.15, 0.2) is 54.6 Å². The predicted octanol–water partition coefficient (Wildman–Crippen LogP) is 4.97. The third-order valence-corrected chi connectivity index (χ3v) is 5.69. The highest BCUT2D eigenvalue weighted by Gasteiger charge is 2.31. The Morgan fingerprint density at radius 3 is 2.73 bits per heavy atom. The van der Waals surface area contributed by atoms with Crippen molar-refractivity contribution in [3.05, 3.63) is 77.0 Å². The number of fused-ring (bicyclic) bond motifs is 4. The number of aliphatic hydroxyl groups excluding tert-OH is 1. The van der Waals surface area contributed by atoms with E-state index in [-0.39, 0.29) is 19.4 Å². The summed E-state index contributed by atoms with van der Waals surface area (Å²) in [6.45, 7) is 6.51. The van der Waals surface area contributed by atoms with Gasteiger partial charge in [-0.25, -0.2) is 4.68 Å². The van der Waals surface area contributed by atoms with E-state index < -0.39 is 0 Å². The second kappa shape index (κ2) is 7.18. The molecular formula is C25H25N3O2. The zero-order chi connectivity index (χ0) is 20.8. The van der Waals surface area contributed by atoms with Crippen LogP contribution < -0.4 is 10.1 Å². The van der Waals surface area contributed by atoms with Gasteiger partial charge in [0.25, 0.3) is 0 Å². The molecule has 1 unspecified atom stereocenters. The predicted molar refractivity (Wildman–Crippen MR) is 120 cm³/mol. The number of anilines is 1. The standard InChI is InChI=1S/C25H25N3O2/c1-15-12-16(2)24-20(13-15)21-14-17(3)27-28(21)25(26-24)23-19-7-5-4-6-18(19)8-9-22(23)30-11-10-29/h4-9,12-14,25-26,29H,10-11H2,1-3H3. The van der Waals surface area contributed by atoms with Gasteiger partial charge in [0.1, 0.15) is 12.4 Å². The van der Waals surface area contributed by atoms with Crippen LogP contribution in [0.4, 0.5) is 5.69 Å². The first-order valence-electron chi connectivity index (χ1n) is 10.3. The van der Waals surface area contributed by atoms with E-state index in [0.29, 0.717) is 0 Å². The van der Waals surface area contributed by atoms with E-state index in [1.165, 1.54) is 16.7 Å². The summed E-state index contributed by atoms with van der Waals surface area (Å²) in [6.07, 6.45) is -0.220. The lowest BCUT2D eigenvalue weighted by Gasteiger charge is -2.32. The fraction of sp³-hybridized carbons (Fsp3) is 0.240. The zero-order valence-corrected chi connectivity index (χ0v) is 17.4. The maximum Gasteiger partial charge on any atom is 0.151 e. The normalized spacial score (nSPS) is 14.9. The lowest BCUT2D eigenvalue weighted by molar-refractivity contribution is 0.199. The number of aliphatic hydroxyl groups is 1. The molecule has 0 fully saturated rings. The van der Waals surface area contributed by atoms with Gasteiger partial charge in [-0.15, -0.1) is 0 Å². The Balaban J connectivity index is 1.78. The number of nitrogens with zero attached hydrogens (tertiary/aromatic N) is 2. The van der Waals surface area contributed by atoms with Crippen molar-refractivity contribution in [3.63, 3.8) is 0 Å². The van der Waals surface area contributed by atoms with Crippen LogP contribution >= 0.6 is 0 Å². The lowest BCUT2D eigenvalue weighted by atomic mass is 9.95. The molecule has 4 aromatic rings. The number of aromatic nitrogens is 2. The number of benzene rings is 3. The van der Waals surface area contributed by atoms with Gasteiger partial charge < -0.3 is 15.2 Å². The fourth-order valence-electron chi connectivity index (χ4n) is 4.51. The van der Waals surface area contributed by atoms with Crippen molar-refractivity contribution >= 4 is 16.5 Å². The molecule has 5 heteroatoms. The molecule has 0 amide bonds. The van der Waals surface area contributed by atoms with Crippen LogP contribution in [0.3, 0.4) is 0 Å². The highest BCUT2D eigenvalue weighted by Crippen LogP contribution is 2.44. The molecular weight excluding hydrogens is 374 g/mol. The summed E-state index contributed by atoms with van der Waals surface area (Å²) in [6, 6.07) is 18.9. The minimum absolute atomic E-state index is 0.0301. The van der Waals surface area contributed by atoms with Crippen molar-refractivity contribution in [3.8, 4) is 17.0 Å². The van der Waals surface area contributed by atoms with E-state index in [1.54, 1.807) is 0 Å². The SMILES string of the molecule is Cc1cc(C)c2c(c1)-c1cc(C)nn1C(c1c(OCCO)ccc3ccccc13)N2. The molecule has 0 spiro atoms. The minimum atomic E-state index is -0.220. The number of hydrogen-bond donors (Lipinski definition) is 2. The molecule has 0 radical (unpaired) electrons. The van der Waals surface area contributed by atoms with Gasteiger partial charge in [0, 0.05) is 16.8 Å². The average molecular weight is 399 g/mol. The summed E-state index contributed by atoms with van der Waals surface area (Å²) in [5.74, 6) is 0.757. The number of hydrogen-bond acceptors (Lipinski definition) is 4. The van der Waals surface area contributed by atoms with E-state index in [2.05, 4.69) is 60.2 Å². The highest BCUT2D eigenvalue weighted by atomic mass is 16.5. The molecule has 0 saturated heterocycles. The molecule has 5 rings (SSSR count). The summed E-state index contributed by atoms with van der Waals surface area (Å²) < 4.78 is 8.04.